The second kappa shape index (κ2) is 7.41. The van der Waals surface area contributed by atoms with Crippen molar-refractivity contribution in [3.8, 4) is 0 Å². The fraction of sp³-hybridized carbons (Fsp3) is 0.143. The summed E-state index contributed by atoms with van der Waals surface area (Å²) in [7, 11) is 1.30. The van der Waals surface area contributed by atoms with Crippen molar-refractivity contribution >= 4 is 51.7 Å². The molecule has 1 heterocycles. The van der Waals surface area contributed by atoms with Crippen LogP contribution >= 0.6 is 33.9 Å². The Morgan fingerprint density at radius 3 is 2.67 bits per heavy atom. The maximum Gasteiger partial charge on any atom is 0.412 e. The summed E-state index contributed by atoms with van der Waals surface area (Å²) in [5.41, 5.74) is 1.29. The Bertz CT molecular complexity index is 642. The molecule has 0 fully saturated rings. The molecule has 0 spiro atoms. The van der Waals surface area contributed by atoms with Crippen LogP contribution in [0.2, 0.25) is 0 Å². The van der Waals surface area contributed by atoms with Gasteiger partial charge in [-0.1, -0.05) is 30.3 Å². The lowest BCUT2D eigenvalue weighted by Gasteiger charge is -2.07. The highest BCUT2D eigenvalue weighted by Gasteiger charge is 2.18. The molecule has 7 heteroatoms. The van der Waals surface area contributed by atoms with Gasteiger partial charge in [0.2, 0.25) is 0 Å². The predicted molar refractivity (Wildman–Crippen MR) is 88.6 cm³/mol. The Hall–Kier alpha value is -1.61. The lowest BCUT2D eigenvalue weighted by atomic mass is 10.2. The molecule has 1 aromatic heterocycles. The van der Waals surface area contributed by atoms with Gasteiger partial charge in [0.15, 0.2) is 0 Å². The van der Waals surface area contributed by atoms with E-state index in [0.29, 0.717) is 10.6 Å². The number of carbonyl (C=O) groups excluding carboxylic acids is 2. The molecule has 2 aromatic rings. The van der Waals surface area contributed by atoms with E-state index < -0.39 is 12.1 Å². The topological polar surface area (TPSA) is 64.6 Å². The van der Waals surface area contributed by atoms with Crippen LogP contribution in [0.1, 0.15) is 15.2 Å². The molecule has 0 saturated carbocycles. The number of thiophene rings is 1. The number of amides is 1. The smallest absolute Gasteiger partial charge is 0.412 e. The molecule has 1 aromatic carbocycles. The zero-order valence-electron chi connectivity index (χ0n) is 11.1. The molecule has 1 N–H and O–H groups in total. The second-order valence-corrected chi connectivity index (χ2v) is 6.92. The summed E-state index contributed by atoms with van der Waals surface area (Å²) in [6, 6.07) is 11.0. The number of ether oxygens (including phenoxy) is 2. The molecule has 0 radical (unpaired) electrons. The molecule has 110 valence electrons. The lowest BCUT2D eigenvalue weighted by Crippen LogP contribution is -2.15. The van der Waals surface area contributed by atoms with E-state index in [1.165, 1.54) is 18.4 Å². The van der Waals surface area contributed by atoms with Crippen LogP contribution < -0.4 is 5.32 Å². The Morgan fingerprint density at radius 1 is 1.29 bits per heavy atom. The summed E-state index contributed by atoms with van der Waals surface area (Å²) in [4.78, 5) is 23.7. The Morgan fingerprint density at radius 2 is 2.00 bits per heavy atom. The molecule has 5 nitrogen and oxygen atoms in total. The first-order valence-electron chi connectivity index (χ1n) is 5.95. The molecule has 2 rings (SSSR count). The summed E-state index contributed by atoms with van der Waals surface area (Å²) >= 11 is 3.32. The van der Waals surface area contributed by atoms with Crippen LogP contribution in [-0.2, 0) is 16.1 Å². The third-order valence-corrected chi connectivity index (χ3v) is 4.40. The molecule has 0 aliphatic rings. The van der Waals surface area contributed by atoms with Crippen molar-refractivity contribution in [1.82, 2.24) is 0 Å². The molecule has 0 aliphatic heterocycles. The normalized spacial score (nSPS) is 10.0. The van der Waals surface area contributed by atoms with Gasteiger partial charge in [-0.25, -0.2) is 9.59 Å². The number of anilines is 1. The molecular formula is C14H12INO4S. The van der Waals surface area contributed by atoms with E-state index in [-0.39, 0.29) is 6.61 Å². The van der Waals surface area contributed by atoms with Crippen molar-refractivity contribution in [3.05, 3.63) is 49.7 Å². The van der Waals surface area contributed by atoms with Crippen LogP contribution in [0.4, 0.5) is 10.5 Å². The number of esters is 1. The zero-order valence-corrected chi connectivity index (χ0v) is 14.1. The molecular weight excluding hydrogens is 405 g/mol. The minimum absolute atomic E-state index is 0.168. The number of hydrogen-bond acceptors (Lipinski definition) is 5. The van der Waals surface area contributed by atoms with Crippen LogP contribution in [0.15, 0.2) is 36.4 Å². The minimum Gasteiger partial charge on any atom is -0.465 e. The molecule has 0 unspecified atom stereocenters. The van der Waals surface area contributed by atoms with E-state index in [4.69, 9.17) is 4.74 Å². The molecule has 0 aliphatic carbocycles. The summed E-state index contributed by atoms with van der Waals surface area (Å²) in [6.45, 7) is 0.168. The molecule has 0 saturated heterocycles. The number of carbonyl (C=O) groups is 2. The average Bonchev–Trinajstić information content (AvgIpc) is 2.86. The third-order valence-electron chi connectivity index (χ3n) is 2.52. The van der Waals surface area contributed by atoms with Gasteiger partial charge in [-0.3, -0.25) is 5.32 Å². The van der Waals surface area contributed by atoms with Gasteiger partial charge in [0.05, 0.1) is 15.7 Å². The Balaban J connectivity index is 1.98. The van der Waals surface area contributed by atoms with Crippen LogP contribution in [0.25, 0.3) is 0 Å². The first-order chi connectivity index (χ1) is 10.1. The highest BCUT2D eigenvalue weighted by atomic mass is 127. The van der Waals surface area contributed by atoms with Crippen molar-refractivity contribution in [2.75, 3.05) is 12.4 Å². The first-order valence-corrected chi connectivity index (χ1v) is 7.85. The monoisotopic (exact) mass is 417 g/mol. The van der Waals surface area contributed by atoms with Gasteiger partial charge >= 0.3 is 12.1 Å². The number of nitrogens with one attached hydrogen (secondary N) is 1. The lowest BCUT2D eigenvalue weighted by molar-refractivity contribution is 0.0607. The maximum absolute atomic E-state index is 11.8. The predicted octanol–water partition coefficient (Wildman–Crippen LogP) is 3.89. The number of benzene rings is 1. The Kier molecular flexibility index (Phi) is 5.57. The van der Waals surface area contributed by atoms with E-state index in [1.807, 2.05) is 30.3 Å². The average molecular weight is 417 g/mol. The van der Waals surface area contributed by atoms with Gasteiger partial charge in [-0.15, -0.1) is 11.3 Å². The van der Waals surface area contributed by atoms with Crippen molar-refractivity contribution in [3.63, 3.8) is 0 Å². The quantitative estimate of drug-likeness (QED) is 0.606. The fourth-order valence-corrected chi connectivity index (χ4v) is 3.30. The van der Waals surface area contributed by atoms with Crippen LogP contribution in [0, 0.1) is 2.88 Å². The standard InChI is InChI=1S/C14H12INO4S/c1-19-13(17)12-10(7-11(15)21-12)16-14(18)20-8-9-5-3-2-4-6-9/h2-7H,8H2,1H3,(H,16,18). The fourth-order valence-electron chi connectivity index (χ4n) is 1.57. The van der Waals surface area contributed by atoms with Crippen molar-refractivity contribution in [2.45, 2.75) is 6.61 Å². The second-order valence-electron chi connectivity index (χ2n) is 3.97. The van der Waals surface area contributed by atoms with Crippen LogP contribution in [-0.4, -0.2) is 19.2 Å². The largest absolute Gasteiger partial charge is 0.465 e. The summed E-state index contributed by atoms with van der Waals surface area (Å²) in [5.74, 6) is -0.485. The Labute approximate surface area is 139 Å². The SMILES string of the molecule is COC(=O)c1sc(I)cc1NC(=O)OCc1ccccc1. The minimum atomic E-state index is -0.613. The molecule has 21 heavy (non-hydrogen) atoms. The summed E-state index contributed by atoms with van der Waals surface area (Å²) in [5, 5.41) is 2.56. The van der Waals surface area contributed by atoms with Gasteiger partial charge in [0, 0.05) is 0 Å². The number of hydrogen-bond donors (Lipinski definition) is 1. The highest BCUT2D eigenvalue weighted by molar-refractivity contribution is 14.1. The van der Waals surface area contributed by atoms with Crippen LogP contribution in [0.5, 0.6) is 0 Å². The van der Waals surface area contributed by atoms with E-state index in [0.717, 1.165) is 8.45 Å². The molecule has 1 amide bonds. The van der Waals surface area contributed by atoms with Crippen LogP contribution in [0.3, 0.4) is 0 Å². The number of rotatable bonds is 4. The van der Waals surface area contributed by atoms with Crippen molar-refractivity contribution in [1.29, 1.82) is 0 Å². The van der Waals surface area contributed by atoms with Crippen molar-refractivity contribution < 1.29 is 19.1 Å². The van der Waals surface area contributed by atoms with Gasteiger partial charge < -0.3 is 9.47 Å². The number of halogens is 1. The molecule has 0 atom stereocenters. The third kappa shape index (κ3) is 4.43. The van der Waals surface area contributed by atoms with E-state index in [1.54, 1.807) is 6.07 Å². The van der Waals surface area contributed by atoms with E-state index >= 15 is 0 Å². The van der Waals surface area contributed by atoms with Gasteiger partial charge in [-0.2, -0.15) is 0 Å². The van der Waals surface area contributed by atoms with Crippen molar-refractivity contribution in [2.24, 2.45) is 0 Å². The van der Waals surface area contributed by atoms with Gasteiger partial charge in [-0.05, 0) is 34.2 Å². The summed E-state index contributed by atoms with van der Waals surface area (Å²) < 4.78 is 10.7. The highest BCUT2D eigenvalue weighted by Crippen LogP contribution is 2.29. The summed E-state index contributed by atoms with van der Waals surface area (Å²) in [6.07, 6.45) is -0.613. The van der Waals surface area contributed by atoms with Gasteiger partial charge in [0.25, 0.3) is 0 Å². The molecule has 0 bridgehead atoms. The first kappa shape index (κ1) is 15.8. The maximum atomic E-state index is 11.8. The van der Waals surface area contributed by atoms with Gasteiger partial charge in [0.1, 0.15) is 11.5 Å². The van der Waals surface area contributed by atoms with E-state index in [2.05, 4.69) is 32.6 Å². The van der Waals surface area contributed by atoms with E-state index in [9.17, 15) is 9.59 Å². The number of methoxy groups -OCH3 is 1. The zero-order chi connectivity index (χ0) is 15.2.